The highest BCUT2D eigenvalue weighted by Crippen LogP contribution is 2.23. The summed E-state index contributed by atoms with van der Waals surface area (Å²) in [6.45, 7) is 5.97. The molecule has 0 fully saturated rings. The predicted molar refractivity (Wildman–Crippen MR) is 74.9 cm³/mol. The van der Waals surface area contributed by atoms with Crippen LogP contribution in [0.2, 0.25) is 0 Å². The molecule has 1 rings (SSSR count). The van der Waals surface area contributed by atoms with Crippen molar-refractivity contribution in [2.75, 3.05) is 43.2 Å². The molecule has 4 N–H and O–H groups in total. The smallest absolute Gasteiger partial charge is 0.236 e. The molecule has 0 bridgehead atoms. The number of methoxy groups -OCH3 is 1. The van der Waals surface area contributed by atoms with Crippen LogP contribution in [-0.4, -0.2) is 36.8 Å². The molecule has 0 aliphatic heterocycles. The first-order valence-electron chi connectivity index (χ1n) is 6.12. The number of nitrogens with one attached hydrogen (secondary N) is 2. The largest absolute Gasteiger partial charge is 0.393 e. The molecule has 0 saturated carbocycles. The van der Waals surface area contributed by atoms with Gasteiger partial charge in [-0.25, -0.2) is 0 Å². The Morgan fingerprint density at radius 2 is 1.95 bits per heavy atom. The van der Waals surface area contributed by atoms with Crippen molar-refractivity contribution in [2.24, 2.45) is 5.92 Å². The first kappa shape index (κ1) is 15.0. The second-order valence-electron chi connectivity index (χ2n) is 4.46. The predicted octanol–water partition coefficient (Wildman–Crippen LogP) is 1.06. The average Bonchev–Trinajstić information content (AvgIpc) is 2.39. The van der Waals surface area contributed by atoms with Crippen LogP contribution >= 0.6 is 0 Å². The molecule has 0 radical (unpaired) electrons. The fourth-order valence-corrected chi connectivity index (χ4v) is 1.36. The summed E-state index contributed by atoms with van der Waals surface area (Å²) >= 11 is 0. The summed E-state index contributed by atoms with van der Waals surface area (Å²) < 4.78 is 4.94. The summed E-state index contributed by atoms with van der Waals surface area (Å²) in [5.41, 5.74) is 6.39. The fraction of sp³-hybridized carbons (Fsp3) is 0.583. The summed E-state index contributed by atoms with van der Waals surface area (Å²) in [4.78, 5) is 8.12. The van der Waals surface area contributed by atoms with Gasteiger partial charge in [-0.15, -0.1) is 0 Å². The number of nitrogens with two attached hydrogens (primary N) is 1. The van der Waals surface area contributed by atoms with Crippen molar-refractivity contribution < 1.29 is 4.74 Å². The van der Waals surface area contributed by atoms with Gasteiger partial charge in [0.2, 0.25) is 5.82 Å². The lowest BCUT2D eigenvalue weighted by Crippen LogP contribution is -2.16. The minimum atomic E-state index is 0.0837. The second-order valence-corrected chi connectivity index (χ2v) is 4.46. The number of ether oxygens (including phenoxy) is 1. The maximum absolute atomic E-state index is 8.93. The molecule has 7 nitrogen and oxygen atoms in total. The van der Waals surface area contributed by atoms with Gasteiger partial charge in [-0.05, 0) is 5.92 Å². The van der Waals surface area contributed by atoms with Crippen LogP contribution in [0, 0.1) is 17.2 Å². The molecule has 0 aromatic carbocycles. The van der Waals surface area contributed by atoms with E-state index in [1.165, 1.54) is 0 Å². The molecule has 0 amide bonds. The van der Waals surface area contributed by atoms with E-state index in [0.29, 0.717) is 36.4 Å². The van der Waals surface area contributed by atoms with Crippen molar-refractivity contribution in [3.05, 3.63) is 5.82 Å². The van der Waals surface area contributed by atoms with Crippen molar-refractivity contribution >= 4 is 17.3 Å². The van der Waals surface area contributed by atoms with Gasteiger partial charge in [-0.2, -0.15) is 15.2 Å². The Bertz CT molecular complexity index is 454. The van der Waals surface area contributed by atoms with Gasteiger partial charge in [-0.3, -0.25) is 0 Å². The standard InChI is InChI=1S/C12H20N6O/c1-8(2)7-16-12-10(14)11(15-4-5-19-3)17-9(6-13)18-12/h8H,4-5,7,14H2,1-3H3,(H2,15,16,17,18). The second kappa shape index (κ2) is 7.38. The molecule has 1 heterocycles. The quantitative estimate of drug-likeness (QED) is 0.632. The monoisotopic (exact) mass is 264 g/mol. The van der Waals surface area contributed by atoms with Gasteiger partial charge in [-0.1, -0.05) is 13.8 Å². The Labute approximate surface area is 113 Å². The first-order valence-corrected chi connectivity index (χ1v) is 6.12. The van der Waals surface area contributed by atoms with Crippen LogP contribution in [0.4, 0.5) is 17.3 Å². The number of anilines is 3. The van der Waals surface area contributed by atoms with E-state index in [2.05, 4.69) is 34.4 Å². The Balaban J connectivity index is 2.90. The van der Waals surface area contributed by atoms with Crippen molar-refractivity contribution in [1.29, 1.82) is 5.26 Å². The van der Waals surface area contributed by atoms with Gasteiger partial charge in [0.15, 0.2) is 11.6 Å². The summed E-state index contributed by atoms with van der Waals surface area (Å²) in [6, 6.07) is 1.92. The van der Waals surface area contributed by atoms with Crippen LogP contribution in [0.1, 0.15) is 19.7 Å². The molecule has 0 atom stereocenters. The zero-order valence-corrected chi connectivity index (χ0v) is 11.5. The SMILES string of the molecule is COCCNc1nc(C#N)nc(NCC(C)C)c1N. The summed E-state index contributed by atoms with van der Waals surface area (Å²) in [6.07, 6.45) is 0. The van der Waals surface area contributed by atoms with E-state index in [0.717, 1.165) is 6.54 Å². The number of aromatic nitrogens is 2. The van der Waals surface area contributed by atoms with Gasteiger partial charge in [0.05, 0.1) is 6.61 Å². The molecule has 19 heavy (non-hydrogen) atoms. The molecular weight excluding hydrogens is 244 g/mol. The lowest BCUT2D eigenvalue weighted by atomic mass is 10.2. The summed E-state index contributed by atoms with van der Waals surface area (Å²) in [5, 5.41) is 15.1. The molecule has 1 aromatic rings. The minimum Gasteiger partial charge on any atom is -0.393 e. The van der Waals surface area contributed by atoms with E-state index in [4.69, 9.17) is 15.7 Å². The number of hydrogen-bond donors (Lipinski definition) is 3. The van der Waals surface area contributed by atoms with Crippen molar-refractivity contribution in [2.45, 2.75) is 13.8 Å². The molecule has 104 valence electrons. The zero-order valence-electron chi connectivity index (χ0n) is 11.5. The number of nitriles is 1. The highest BCUT2D eigenvalue weighted by molar-refractivity contribution is 5.74. The van der Waals surface area contributed by atoms with Crippen LogP contribution in [0.3, 0.4) is 0 Å². The van der Waals surface area contributed by atoms with Gasteiger partial charge in [0, 0.05) is 20.2 Å². The average molecular weight is 264 g/mol. The van der Waals surface area contributed by atoms with E-state index in [-0.39, 0.29) is 5.82 Å². The highest BCUT2D eigenvalue weighted by Gasteiger charge is 2.11. The Morgan fingerprint density at radius 3 is 2.47 bits per heavy atom. The number of hydrogen-bond acceptors (Lipinski definition) is 7. The van der Waals surface area contributed by atoms with E-state index in [1.54, 1.807) is 7.11 Å². The minimum absolute atomic E-state index is 0.0837. The van der Waals surface area contributed by atoms with Crippen LogP contribution in [0.5, 0.6) is 0 Å². The van der Waals surface area contributed by atoms with Crippen molar-refractivity contribution in [3.63, 3.8) is 0 Å². The normalized spacial score (nSPS) is 10.3. The maximum atomic E-state index is 8.93. The molecule has 7 heteroatoms. The van der Waals surface area contributed by atoms with Gasteiger partial charge in [0.1, 0.15) is 11.8 Å². The van der Waals surface area contributed by atoms with Crippen LogP contribution < -0.4 is 16.4 Å². The topological polar surface area (TPSA) is 109 Å². The van der Waals surface area contributed by atoms with Gasteiger partial charge in [0.25, 0.3) is 0 Å². The third-order valence-corrected chi connectivity index (χ3v) is 2.32. The number of nitrogen functional groups attached to an aromatic ring is 1. The summed E-state index contributed by atoms with van der Waals surface area (Å²) in [5.74, 6) is 1.47. The molecule has 0 spiro atoms. The highest BCUT2D eigenvalue weighted by atomic mass is 16.5. The lowest BCUT2D eigenvalue weighted by Gasteiger charge is -2.14. The molecule has 0 unspecified atom stereocenters. The van der Waals surface area contributed by atoms with Gasteiger partial charge >= 0.3 is 0 Å². The molecule has 0 saturated heterocycles. The van der Waals surface area contributed by atoms with Crippen LogP contribution in [0.25, 0.3) is 0 Å². The molecule has 0 aliphatic rings. The van der Waals surface area contributed by atoms with E-state index >= 15 is 0 Å². The Morgan fingerprint density at radius 1 is 1.32 bits per heavy atom. The number of rotatable bonds is 7. The van der Waals surface area contributed by atoms with Gasteiger partial charge < -0.3 is 21.1 Å². The fourth-order valence-electron chi connectivity index (χ4n) is 1.36. The Hall–Kier alpha value is -2.07. The van der Waals surface area contributed by atoms with E-state index in [9.17, 15) is 0 Å². The zero-order chi connectivity index (χ0) is 14.3. The number of nitrogens with zero attached hydrogens (tertiary/aromatic N) is 3. The van der Waals surface area contributed by atoms with Crippen molar-refractivity contribution in [1.82, 2.24) is 9.97 Å². The van der Waals surface area contributed by atoms with E-state index in [1.807, 2.05) is 6.07 Å². The first-order chi connectivity index (χ1) is 9.08. The van der Waals surface area contributed by atoms with E-state index < -0.39 is 0 Å². The lowest BCUT2D eigenvalue weighted by molar-refractivity contribution is 0.210. The molecular formula is C12H20N6O. The third kappa shape index (κ3) is 4.60. The maximum Gasteiger partial charge on any atom is 0.236 e. The van der Waals surface area contributed by atoms with Crippen LogP contribution in [0.15, 0.2) is 0 Å². The third-order valence-electron chi connectivity index (χ3n) is 2.32. The van der Waals surface area contributed by atoms with Crippen molar-refractivity contribution in [3.8, 4) is 6.07 Å². The molecule has 0 aliphatic carbocycles. The van der Waals surface area contributed by atoms with Crippen LogP contribution in [-0.2, 0) is 4.74 Å². The summed E-state index contributed by atoms with van der Waals surface area (Å²) in [7, 11) is 1.61. The molecule has 1 aromatic heterocycles. The Kier molecular flexibility index (Phi) is 5.82.